The predicted molar refractivity (Wildman–Crippen MR) is 108 cm³/mol. The van der Waals surface area contributed by atoms with Crippen molar-refractivity contribution >= 4 is 17.7 Å². The lowest BCUT2D eigenvalue weighted by Gasteiger charge is -2.34. The fraction of sp³-hybridized carbons (Fsp3) is 0.600. The van der Waals surface area contributed by atoms with Crippen LogP contribution in [-0.4, -0.2) is 46.5 Å². The highest BCUT2D eigenvalue weighted by atomic mass is 32.2. The number of hydrogen-bond donors (Lipinski definition) is 1. The van der Waals surface area contributed by atoms with Crippen LogP contribution in [0.3, 0.4) is 0 Å². The Hall–Kier alpha value is -1.73. The average molecular weight is 391 g/mol. The highest BCUT2D eigenvalue weighted by Gasteiger charge is 2.21. The van der Waals surface area contributed by atoms with Crippen LogP contribution in [0.5, 0.6) is 0 Å². The summed E-state index contributed by atoms with van der Waals surface area (Å²) in [6, 6.07) is 3.61. The Balaban J connectivity index is 1.37. The Morgan fingerprint density at radius 1 is 1.33 bits per heavy atom. The Morgan fingerprint density at radius 3 is 2.81 bits per heavy atom. The quantitative estimate of drug-likeness (QED) is 0.553. The average Bonchev–Trinajstić information content (AvgIpc) is 3.25. The van der Waals surface area contributed by atoms with E-state index in [0.29, 0.717) is 18.1 Å². The summed E-state index contributed by atoms with van der Waals surface area (Å²) in [5, 5.41) is 3.90. The normalized spacial score (nSPS) is 20.7. The van der Waals surface area contributed by atoms with Gasteiger partial charge in [-0.05, 0) is 43.4 Å². The molecular weight excluding hydrogens is 360 g/mol. The molecule has 2 unspecified atom stereocenters. The number of carbonyl (C=O) groups is 1. The van der Waals surface area contributed by atoms with E-state index < -0.39 is 0 Å². The predicted octanol–water partition coefficient (Wildman–Crippen LogP) is 3.40. The van der Waals surface area contributed by atoms with Crippen LogP contribution < -0.4 is 5.32 Å². The van der Waals surface area contributed by atoms with Crippen LogP contribution in [0.1, 0.15) is 43.0 Å². The number of imidazole rings is 1. The highest BCUT2D eigenvalue weighted by Crippen LogP contribution is 2.22. The summed E-state index contributed by atoms with van der Waals surface area (Å²) in [5.41, 5.74) is 0. The van der Waals surface area contributed by atoms with Gasteiger partial charge in [0.05, 0.1) is 5.75 Å². The molecule has 2 aromatic heterocycles. The lowest BCUT2D eigenvalue weighted by molar-refractivity contribution is 0.0918. The van der Waals surface area contributed by atoms with E-state index in [4.69, 9.17) is 4.42 Å². The number of amides is 1. The molecule has 0 saturated carbocycles. The van der Waals surface area contributed by atoms with Crippen molar-refractivity contribution in [3.8, 4) is 0 Å². The van der Waals surface area contributed by atoms with E-state index in [1.807, 2.05) is 23.9 Å². The number of aromatic nitrogens is 2. The second-order valence-electron chi connectivity index (χ2n) is 7.69. The topological polar surface area (TPSA) is 63.3 Å². The fourth-order valence-electron chi connectivity index (χ4n) is 3.77. The molecule has 1 N–H and O–H groups in total. The smallest absolute Gasteiger partial charge is 0.286 e. The van der Waals surface area contributed by atoms with Crippen LogP contribution in [-0.2, 0) is 12.8 Å². The van der Waals surface area contributed by atoms with Gasteiger partial charge in [0.1, 0.15) is 5.76 Å². The summed E-state index contributed by atoms with van der Waals surface area (Å²) in [6.45, 7) is 8.71. The molecule has 3 heterocycles. The zero-order valence-electron chi connectivity index (χ0n) is 16.5. The minimum Gasteiger partial charge on any atom is -0.455 e. The molecule has 1 amide bonds. The van der Waals surface area contributed by atoms with Crippen molar-refractivity contribution in [3.63, 3.8) is 0 Å². The summed E-state index contributed by atoms with van der Waals surface area (Å²) < 4.78 is 7.64. The van der Waals surface area contributed by atoms with Crippen molar-refractivity contribution in [1.82, 2.24) is 19.8 Å². The number of piperidine rings is 1. The largest absolute Gasteiger partial charge is 0.455 e. The Labute approximate surface area is 165 Å². The molecule has 6 nitrogen and oxygen atoms in total. The highest BCUT2D eigenvalue weighted by molar-refractivity contribution is 7.98. The zero-order chi connectivity index (χ0) is 19.2. The Morgan fingerprint density at radius 2 is 2.11 bits per heavy atom. The maximum absolute atomic E-state index is 12.3. The van der Waals surface area contributed by atoms with Gasteiger partial charge < -0.3 is 19.2 Å². The molecule has 1 fully saturated rings. The Kier molecular flexibility index (Phi) is 7.01. The van der Waals surface area contributed by atoms with Gasteiger partial charge in [-0.1, -0.05) is 25.6 Å². The molecule has 0 aliphatic carbocycles. The van der Waals surface area contributed by atoms with E-state index >= 15 is 0 Å². The van der Waals surface area contributed by atoms with Gasteiger partial charge in [-0.2, -0.15) is 0 Å². The maximum Gasteiger partial charge on any atom is 0.286 e. The first-order valence-corrected chi connectivity index (χ1v) is 10.7. The molecule has 1 aliphatic heterocycles. The van der Waals surface area contributed by atoms with Crippen molar-refractivity contribution in [2.45, 2.75) is 37.6 Å². The minimum atomic E-state index is -0.136. The van der Waals surface area contributed by atoms with Crippen molar-refractivity contribution < 1.29 is 9.21 Å². The van der Waals surface area contributed by atoms with Crippen LogP contribution in [0.15, 0.2) is 34.1 Å². The van der Waals surface area contributed by atoms with Gasteiger partial charge in [-0.25, -0.2) is 4.98 Å². The number of rotatable bonds is 8. The molecule has 0 spiro atoms. The molecule has 148 valence electrons. The molecular formula is C20H30N4O2S. The van der Waals surface area contributed by atoms with Crippen LogP contribution in [0.4, 0.5) is 0 Å². The first-order chi connectivity index (χ1) is 13.0. The summed E-state index contributed by atoms with van der Waals surface area (Å²) in [6.07, 6.45) is 5.98. The van der Waals surface area contributed by atoms with Gasteiger partial charge >= 0.3 is 0 Å². The number of furan rings is 1. The molecule has 0 bridgehead atoms. The monoisotopic (exact) mass is 390 g/mol. The van der Waals surface area contributed by atoms with Crippen LogP contribution >= 0.6 is 11.8 Å². The number of nitrogens with one attached hydrogen (secondary N) is 1. The minimum absolute atomic E-state index is 0.136. The van der Waals surface area contributed by atoms with E-state index in [0.717, 1.165) is 35.7 Å². The van der Waals surface area contributed by atoms with Gasteiger partial charge in [0.15, 0.2) is 10.9 Å². The SMILES string of the molecule is CC1CC(C)CN(CCCNC(=O)c2ccc(CSc3nccn3C)o2)C1. The van der Waals surface area contributed by atoms with Crippen molar-refractivity contribution in [1.29, 1.82) is 0 Å². The molecule has 3 rings (SSSR count). The summed E-state index contributed by atoms with van der Waals surface area (Å²) in [5.74, 6) is 3.23. The second kappa shape index (κ2) is 9.46. The van der Waals surface area contributed by atoms with Crippen LogP contribution in [0, 0.1) is 11.8 Å². The van der Waals surface area contributed by atoms with Gasteiger partial charge in [-0.3, -0.25) is 4.79 Å². The molecule has 2 atom stereocenters. The summed E-state index contributed by atoms with van der Waals surface area (Å²) in [4.78, 5) is 19.0. The zero-order valence-corrected chi connectivity index (χ0v) is 17.3. The summed E-state index contributed by atoms with van der Waals surface area (Å²) in [7, 11) is 1.96. The van der Waals surface area contributed by atoms with Gasteiger partial charge in [0, 0.05) is 39.1 Å². The molecule has 1 aliphatic rings. The third-order valence-corrected chi connectivity index (χ3v) is 5.97. The van der Waals surface area contributed by atoms with E-state index in [1.54, 1.807) is 24.0 Å². The lowest BCUT2D eigenvalue weighted by Crippen LogP contribution is -2.40. The van der Waals surface area contributed by atoms with E-state index in [1.165, 1.54) is 19.5 Å². The Bertz CT molecular complexity index is 732. The van der Waals surface area contributed by atoms with Gasteiger partial charge in [0.25, 0.3) is 5.91 Å². The van der Waals surface area contributed by atoms with E-state index in [2.05, 4.69) is 29.0 Å². The van der Waals surface area contributed by atoms with Gasteiger partial charge in [0.2, 0.25) is 0 Å². The number of nitrogens with zero attached hydrogens (tertiary/aromatic N) is 3. The van der Waals surface area contributed by atoms with Crippen molar-refractivity contribution in [2.24, 2.45) is 18.9 Å². The lowest BCUT2D eigenvalue weighted by atomic mass is 9.92. The maximum atomic E-state index is 12.3. The number of aryl methyl sites for hydroxylation is 1. The number of carbonyl (C=O) groups excluding carboxylic acids is 1. The first kappa shape index (κ1) is 20.0. The van der Waals surface area contributed by atoms with Crippen molar-refractivity contribution in [3.05, 3.63) is 36.0 Å². The standard InChI is InChI=1S/C20H30N4O2S/c1-15-11-16(2)13-24(12-15)9-4-7-21-19(25)18-6-5-17(26-18)14-27-20-22-8-10-23(20)3/h5-6,8,10,15-16H,4,7,9,11-14H2,1-3H3,(H,21,25). The fourth-order valence-corrected chi connectivity index (χ4v) is 4.60. The third-order valence-electron chi connectivity index (χ3n) is 4.89. The number of likely N-dealkylation sites (tertiary alicyclic amines) is 1. The molecule has 2 aromatic rings. The second-order valence-corrected chi connectivity index (χ2v) is 8.63. The van der Waals surface area contributed by atoms with Crippen LogP contribution in [0.2, 0.25) is 0 Å². The van der Waals surface area contributed by atoms with E-state index in [9.17, 15) is 4.79 Å². The molecule has 0 radical (unpaired) electrons. The molecule has 0 aromatic carbocycles. The van der Waals surface area contributed by atoms with Gasteiger partial charge in [-0.15, -0.1) is 0 Å². The van der Waals surface area contributed by atoms with E-state index in [-0.39, 0.29) is 5.91 Å². The molecule has 27 heavy (non-hydrogen) atoms. The summed E-state index contributed by atoms with van der Waals surface area (Å²) >= 11 is 1.59. The number of hydrogen-bond acceptors (Lipinski definition) is 5. The number of thioether (sulfide) groups is 1. The third kappa shape index (κ3) is 5.87. The first-order valence-electron chi connectivity index (χ1n) is 9.70. The van der Waals surface area contributed by atoms with Crippen molar-refractivity contribution in [2.75, 3.05) is 26.2 Å². The molecule has 7 heteroatoms. The van der Waals surface area contributed by atoms with Crippen LogP contribution in [0.25, 0.3) is 0 Å². The molecule has 1 saturated heterocycles.